The molecule has 0 aromatic heterocycles. The maximum atomic E-state index is 11.9. The monoisotopic (exact) mass is 392 g/mol. The van der Waals surface area contributed by atoms with Gasteiger partial charge in [-0.05, 0) is 62.2 Å². The van der Waals surface area contributed by atoms with E-state index >= 15 is 0 Å². The zero-order valence-corrected chi connectivity index (χ0v) is 16.8. The van der Waals surface area contributed by atoms with Crippen LogP contribution >= 0.6 is 0 Å². The SMILES string of the molecule is C#C[C@]1(OS(=O)(=O)O)CC[C@H]2[C@@H]3[C@H](C)CC4=C(CCC(=O)C4)[C@H]3CC[C@@]21C. The lowest BCUT2D eigenvalue weighted by molar-refractivity contribution is -0.119. The summed E-state index contributed by atoms with van der Waals surface area (Å²) in [5.41, 5.74) is 1.11. The molecule has 0 radical (unpaired) electrons. The normalized spacial score (nSPS) is 44.3. The summed E-state index contributed by atoms with van der Waals surface area (Å²) in [6, 6.07) is 0. The van der Waals surface area contributed by atoms with Crippen molar-refractivity contribution in [1.82, 2.24) is 0 Å². The van der Waals surface area contributed by atoms with Crippen molar-refractivity contribution >= 4 is 16.2 Å². The molecule has 0 saturated heterocycles. The first-order valence-corrected chi connectivity index (χ1v) is 11.3. The van der Waals surface area contributed by atoms with Gasteiger partial charge in [-0.15, -0.1) is 6.42 Å². The molecule has 0 bridgehead atoms. The number of hydrogen-bond acceptors (Lipinski definition) is 4. The lowest BCUT2D eigenvalue weighted by Crippen LogP contribution is -2.54. The van der Waals surface area contributed by atoms with Crippen LogP contribution in [0.3, 0.4) is 0 Å². The number of terminal acetylenes is 1. The highest BCUT2D eigenvalue weighted by Crippen LogP contribution is 2.66. The Kier molecular flexibility index (Phi) is 4.38. The maximum absolute atomic E-state index is 11.9. The first-order valence-electron chi connectivity index (χ1n) is 9.98. The standard InChI is InChI=1S/C21H28O5S/c1-4-21(26-27(23,24)25)10-8-18-19-13(2)11-14-12-15(22)5-6-16(14)17(19)7-9-20(18,21)3/h1,13,17-19H,5-12H2,2-3H3,(H,23,24,25)/t13-,17-,18+,19-,20+,21+/m1/s1. The van der Waals surface area contributed by atoms with E-state index in [1.807, 2.05) is 6.92 Å². The zero-order valence-electron chi connectivity index (χ0n) is 16.0. The highest BCUT2D eigenvalue weighted by atomic mass is 32.3. The molecule has 4 rings (SSSR count). The predicted octanol–water partition coefficient (Wildman–Crippen LogP) is 3.71. The lowest BCUT2D eigenvalue weighted by atomic mass is 9.50. The fourth-order valence-electron chi connectivity index (χ4n) is 7.04. The highest BCUT2D eigenvalue weighted by molar-refractivity contribution is 7.80. The van der Waals surface area contributed by atoms with Gasteiger partial charge in [-0.2, -0.15) is 8.42 Å². The number of ketones is 1. The van der Waals surface area contributed by atoms with Gasteiger partial charge in [0, 0.05) is 18.3 Å². The quantitative estimate of drug-likeness (QED) is 0.440. The van der Waals surface area contributed by atoms with Crippen molar-refractivity contribution in [3.05, 3.63) is 11.1 Å². The molecule has 148 valence electrons. The maximum Gasteiger partial charge on any atom is 0.398 e. The molecule has 0 aromatic carbocycles. The predicted molar refractivity (Wildman–Crippen MR) is 101 cm³/mol. The third kappa shape index (κ3) is 2.82. The summed E-state index contributed by atoms with van der Waals surface area (Å²) >= 11 is 0. The van der Waals surface area contributed by atoms with Crippen LogP contribution in [-0.4, -0.2) is 24.4 Å². The summed E-state index contributed by atoms with van der Waals surface area (Å²) in [7, 11) is -4.62. The van der Waals surface area contributed by atoms with Gasteiger partial charge < -0.3 is 0 Å². The van der Waals surface area contributed by atoms with Gasteiger partial charge in [0.15, 0.2) is 5.60 Å². The van der Waals surface area contributed by atoms with Crippen LogP contribution in [0.25, 0.3) is 0 Å². The van der Waals surface area contributed by atoms with Crippen molar-refractivity contribution < 1.29 is 21.9 Å². The topological polar surface area (TPSA) is 80.7 Å². The van der Waals surface area contributed by atoms with Crippen molar-refractivity contribution in [2.75, 3.05) is 0 Å². The van der Waals surface area contributed by atoms with Gasteiger partial charge in [0.2, 0.25) is 0 Å². The van der Waals surface area contributed by atoms with E-state index in [4.69, 9.17) is 10.6 Å². The zero-order chi connectivity index (χ0) is 19.6. The second kappa shape index (κ2) is 6.17. The van der Waals surface area contributed by atoms with Crippen LogP contribution < -0.4 is 0 Å². The Bertz CT molecular complexity index is 850. The second-order valence-electron chi connectivity index (χ2n) is 9.29. The van der Waals surface area contributed by atoms with Crippen molar-refractivity contribution in [3.8, 4) is 12.3 Å². The molecule has 27 heavy (non-hydrogen) atoms. The van der Waals surface area contributed by atoms with E-state index in [0.29, 0.717) is 42.8 Å². The van der Waals surface area contributed by atoms with E-state index in [9.17, 15) is 17.8 Å². The summed E-state index contributed by atoms with van der Waals surface area (Å²) in [6.45, 7) is 4.30. The minimum atomic E-state index is -4.62. The number of hydrogen-bond donors (Lipinski definition) is 1. The minimum absolute atomic E-state index is 0.260. The number of fused-ring (bicyclic) bond motifs is 4. The average molecular weight is 393 g/mol. The average Bonchev–Trinajstić information content (AvgIpc) is 2.86. The summed E-state index contributed by atoms with van der Waals surface area (Å²) < 4.78 is 37.6. The smallest absolute Gasteiger partial charge is 0.299 e. The van der Waals surface area contributed by atoms with E-state index in [-0.39, 0.29) is 5.92 Å². The summed E-state index contributed by atoms with van der Waals surface area (Å²) in [5, 5.41) is 0. The van der Waals surface area contributed by atoms with Crippen LogP contribution in [-0.2, 0) is 19.4 Å². The van der Waals surface area contributed by atoms with Crippen LogP contribution in [0.5, 0.6) is 0 Å². The molecule has 0 aromatic rings. The molecule has 0 heterocycles. The molecule has 6 atom stereocenters. The lowest BCUT2D eigenvalue weighted by Gasteiger charge is -2.55. The molecule has 0 amide bonds. The molecule has 0 aliphatic heterocycles. The molecular weight excluding hydrogens is 364 g/mol. The Labute approximate surface area is 161 Å². The highest BCUT2D eigenvalue weighted by Gasteiger charge is 2.65. The number of allylic oxidation sites excluding steroid dienone is 2. The Hall–Kier alpha value is -1.16. The van der Waals surface area contributed by atoms with Crippen LogP contribution in [0.4, 0.5) is 0 Å². The van der Waals surface area contributed by atoms with E-state index in [1.165, 1.54) is 11.1 Å². The van der Waals surface area contributed by atoms with Crippen LogP contribution in [0.2, 0.25) is 0 Å². The first-order chi connectivity index (χ1) is 12.6. The number of Topliss-reactive ketones (excluding diaryl/α,β-unsaturated/α-hetero) is 1. The fourth-order valence-corrected chi connectivity index (χ4v) is 7.72. The molecular formula is C21H28O5S. The molecule has 4 aliphatic carbocycles. The van der Waals surface area contributed by atoms with Crippen LogP contribution in [0.15, 0.2) is 11.1 Å². The van der Waals surface area contributed by atoms with E-state index < -0.39 is 21.4 Å². The summed E-state index contributed by atoms with van der Waals surface area (Å²) in [4.78, 5) is 11.9. The Morgan fingerprint density at radius 1 is 1.26 bits per heavy atom. The Morgan fingerprint density at radius 3 is 2.67 bits per heavy atom. The molecule has 6 heteroatoms. The summed E-state index contributed by atoms with van der Waals surface area (Å²) in [6.07, 6.45) is 11.9. The molecule has 2 fully saturated rings. The molecule has 0 spiro atoms. The molecule has 4 aliphatic rings. The summed E-state index contributed by atoms with van der Waals surface area (Å²) in [5.74, 6) is 4.57. The fraction of sp³-hybridized carbons (Fsp3) is 0.762. The number of carbonyl (C=O) groups excluding carboxylic acids is 1. The van der Waals surface area contributed by atoms with E-state index in [0.717, 1.165) is 32.1 Å². The first kappa shape index (κ1) is 19.2. The van der Waals surface area contributed by atoms with E-state index in [2.05, 4.69) is 12.8 Å². The molecule has 1 N–H and O–H groups in total. The van der Waals surface area contributed by atoms with Gasteiger partial charge in [-0.25, -0.2) is 4.18 Å². The molecule has 5 nitrogen and oxygen atoms in total. The van der Waals surface area contributed by atoms with Gasteiger partial charge >= 0.3 is 10.4 Å². The van der Waals surface area contributed by atoms with Crippen molar-refractivity contribution in [2.45, 2.75) is 70.8 Å². The van der Waals surface area contributed by atoms with Crippen LogP contribution in [0.1, 0.15) is 65.2 Å². The van der Waals surface area contributed by atoms with E-state index in [1.54, 1.807) is 0 Å². The molecule has 0 unspecified atom stereocenters. The number of carbonyl (C=O) groups is 1. The van der Waals surface area contributed by atoms with Crippen molar-refractivity contribution in [3.63, 3.8) is 0 Å². The van der Waals surface area contributed by atoms with Gasteiger partial charge in [0.25, 0.3) is 0 Å². The Balaban J connectivity index is 1.71. The minimum Gasteiger partial charge on any atom is -0.299 e. The van der Waals surface area contributed by atoms with Crippen molar-refractivity contribution in [2.24, 2.45) is 29.1 Å². The van der Waals surface area contributed by atoms with Gasteiger partial charge in [0.1, 0.15) is 5.78 Å². The van der Waals surface area contributed by atoms with Crippen LogP contribution in [0, 0.1) is 41.4 Å². The van der Waals surface area contributed by atoms with Crippen molar-refractivity contribution in [1.29, 1.82) is 0 Å². The molecule has 2 saturated carbocycles. The van der Waals surface area contributed by atoms with Gasteiger partial charge in [-0.1, -0.05) is 30.9 Å². The van der Waals surface area contributed by atoms with Gasteiger partial charge in [0.05, 0.1) is 0 Å². The Morgan fingerprint density at radius 2 is 2.00 bits per heavy atom. The largest absolute Gasteiger partial charge is 0.398 e. The second-order valence-corrected chi connectivity index (χ2v) is 10.3. The van der Waals surface area contributed by atoms with Gasteiger partial charge in [-0.3, -0.25) is 9.35 Å². The number of rotatable bonds is 2. The third-order valence-electron chi connectivity index (χ3n) is 8.14. The third-order valence-corrected chi connectivity index (χ3v) is 8.64.